The van der Waals surface area contributed by atoms with Crippen molar-refractivity contribution in [2.24, 2.45) is 0 Å². The Balaban J connectivity index is 1.13. The Kier molecular flexibility index (Phi) is 7.07. The number of thiophene rings is 1. The molecule has 15 rings (SSSR count). The van der Waals surface area contributed by atoms with E-state index in [1.807, 2.05) is 11.3 Å². The lowest BCUT2D eigenvalue weighted by Crippen LogP contribution is -1.97. The number of hydrogen-bond acceptors (Lipinski definition) is 1. The molecule has 10 aromatic carbocycles. The van der Waals surface area contributed by atoms with Gasteiger partial charge in [0.2, 0.25) is 0 Å². The Hall–Kier alpha value is -8.38. The van der Waals surface area contributed by atoms with Crippen molar-refractivity contribution in [1.82, 2.24) is 18.3 Å². The molecule has 0 bridgehead atoms. The summed E-state index contributed by atoms with van der Waals surface area (Å²) >= 11 is 1.87. The molecule has 0 saturated carbocycles. The quantitative estimate of drug-likeness (QED) is 0.168. The second kappa shape index (κ2) is 13.1. The molecular formula is C60H36N4S. The number of para-hydroxylation sites is 5. The number of hydrogen-bond donors (Lipinski definition) is 0. The lowest BCUT2D eigenvalue weighted by atomic mass is 10.1. The minimum Gasteiger partial charge on any atom is -0.309 e. The highest BCUT2D eigenvalue weighted by Crippen LogP contribution is 2.46. The maximum Gasteiger partial charge on any atom is 0.0562 e. The Bertz CT molecular complexity index is 4290. The fraction of sp³-hybridized carbons (Fsp3) is 0. The van der Waals surface area contributed by atoms with Crippen LogP contribution in [0.5, 0.6) is 0 Å². The van der Waals surface area contributed by atoms with Crippen molar-refractivity contribution in [2.45, 2.75) is 0 Å². The SMILES string of the molecule is c1ccc(-n2c3ccccc3c3cc4c(cc32)c2cc3c(cc2n4-c2cccc4c2c2ccccc2n4-c2cccc4sc5ccccc5c24)c2ccccc2n3-c2ccccc2)cc1. The minimum atomic E-state index is 1.15. The second-order valence-electron chi connectivity index (χ2n) is 17.3. The van der Waals surface area contributed by atoms with Gasteiger partial charge in [0.25, 0.3) is 0 Å². The van der Waals surface area contributed by atoms with Crippen molar-refractivity contribution in [3.8, 4) is 22.7 Å². The molecule has 0 aliphatic rings. The van der Waals surface area contributed by atoms with Gasteiger partial charge in [-0.15, -0.1) is 11.3 Å². The first kappa shape index (κ1) is 35.1. The van der Waals surface area contributed by atoms with Crippen molar-refractivity contribution in [3.05, 3.63) is 218 Å². The number of nitrogens with zero attached hydrogens (tertiary/aromatic N) is 4. The summed E-state index contributed by atoms with van der Waals surface area (Å²) in [5.41, 5.74) is 14.2. The van der Waals surface area contributed by atoms with Gasteiger partial charge in [0, 0.05) is 74.6 Å². The van der Waals surface area contributed by atoms with E-state index in [9.17, 15) is 0 Å². The van der Waals surface area contributed by atoms with Crippen molar-refractivity contribution in [1.29, 1.82) is 0 Å². The highest BCUT2D eigenvalue weighted by Gasteiger charge is 2.25. The smallest absolute Gasteiger partial charge is 0.0562 e. The summed E-state index contributed by atoms with van der Waals surface area (Å²) in [6.45, 7) is 0. The number of benzene rings is 10. The van der Waals surface area contributed by atoms with Crippen molar-refractivity contribution in [3.63, 3.8) is 0 Å². The Labute approximate surface area is 376 Å². The molecular weight excluding hydrogens is 809 g/mol. The van der Waals surface area contributed by atoms with Crippen LogP contribution in [-0.4, -0.2) is 18.3 Å². The van der Waals surface area contributed by atoms with E-state index in [1.165, 1.54) is 113 Å². The van der Waals surface area contributed by atoms with Gasteiger partial charge in [0.15, 0.2) is 0 Å². The minimum absolute atomic E-state index is 1.15. The molecule has 4 nitrogen and oxygen atoms in total. The summed E-state index contributed by atoms with van der Waals surface area (Å²) in [5.74, 6) is 0. The summed E-state index contributed by atoms with van der Waals surface area (Å²) < 4.78 is 12.6. The summed E-state index contributed by atoms with van der Waals surface area (Å²) in [7, 11) is 0. The number of aromatic nitrogens is 4. The summed E-state index contributed by atoms with van der Waals surface area (Å²) in [6.07, 6.45) is 0. The van der Waals surface area contributed by atoms with E-state index in [-0.39, 0.29) is 0 Å². The molecule has 0 N–H and O–H groups in total. The van der Waals surface area contributed by atoms with Gasteiger partial charge in [-0.2, -0.15) is 0 Å². The zero-order chi connectivity index (χ0) is 42.3. The van der Waals surface area contributed by atoms with Gasteiger partial charge < -0.3 is 18.3 Å². The molecule has 5 aromatic heterocycles. The van der Waals surface area contributed by atoms with E-state index < -0.39 is 0 Å². The lowest BCUT2D eigenvalue weighted by Gasteiger charge is -2.13. The van der Waals surface area contributed by atoms with Crippen LogP contribution in [0.15, 0.2) is 218 Å². The molecule has 0 aliphatic heterocycles. The summed E-state index contributed by atoms with van der Waals surface area (Å²) in [6, 6.07) is 80.8. The largest absolute Gasteiger partial charge is 0.309 e. The van der Waals surface area contributed by atoms with Crippen LogP contribution in [-0.2, 0) is 0 Å². The van der Waals surface area contributed by atoms with Gasteiger partial charge in [-0.05, 0) is 97.1 Å². The average Bonchev–Trinajstić information content (AvgIpc) is 4.16. The van der Waals surface area contributed by atoms with Gasteiger partial charge >= 0.3 is 0 Å². The first-order valence-electron chi connectivity index (χ1n) is 22.3. The van der Waals surface area contributed by atoms with Crippen LogP contribution >= 0.6 is 11.3 Å². The highest BCUT2D eigenvalue weighted by molar-refractivity contribution is 7.25. The molecule has 65 heavy (non-hydrogen) atoms. The summed E-state index contributed by atoms with van der Waals surface area (Å²) in [4.78, 5) is 0. The lowest BCUT2D eigenvalue weighted by molar-refractivity contribution is 1.17. The van der Waals surface area contributed by atoms with Gasteiger partial charge in [-0.1, -0.05) is 121 Å². The molecule has 0 amide bonds. The number of rotatable bonds is 4. The van der Waals surface area contributed by atoms with Crippen LogP contribution in [0.4, 0.5) is 0 Å². The molecule has 0 unspecified atom stereocenters. The van der Waals surface area contributed by atoms with E-state index in [2.05, 4.69) is 237 Å². The second-order valence-corrected chi connectivity index (χ2v) is 18.3. The van der Waals surface area contributed by atoms with Gasteiger partial charge in [-0.25, -0.2) is 0 Å². The third kappa shape index (κ3) is 4.74. The van der Waals surface area contributed by atoms with Gasteiger partial charge in [0.1, 0.15) is 0 Å². The first-order chi connectivity index (χ1) is 32.3. The van der Waals surface area contributed by atoms with Gasteiger partial charge in [0.05, 0.1) is 55.5 Å². The molecule has 5 heteroatoms. The standard InChI is InChI=1S/C60H36N4S/c1-3-17-37(18-4-1)61-47-25-11-7-21-39(47)43-33-55-45(35-53(43)61)46-36-54-44(40-22-8-12-26-48(40)62(54)38-19-5-2-6-20-38)34-56(46)64(55)51-29-15-28-50-59(51)41-23-9-13-27-49(41)63(50)52-30-16-32-58-60(52)42-24-10-14-31-57(42)65-58/h1-36H. The molecule has 0 spiro atoms. The van der Waals surface area contributed by atoms with E-state index in [0.717, 1.165) is 17.1 Å². The van der Waals surface area contributed by atoms with E-state index in [4.69, 9.17) is 0 Å². The fourth-order valence-corrected chi connectivity index (χ4v) is 12.4. The molecule has 0 atom stereocenters. The molecule has 0 saturated heterocycles. The molecule has 0 fully saturated rings. The molecule has 15 aromatic rings. The molecule has 0 radical (unpaired) electrons. The van der Waals surface area contributed by atoms with Crippen LogP contribution in [0.2, 0.25) is 0 Å². The number of fused-ring (bicyclic) bond motifs is 15. The Morgan fingerprint density at radius 3 is 1.20 bits per heavy atom. The zero-order valence-electron chi connectivity index (χ0n) is 35.0. The van der Waals surface area contributed by atoms with Crippen molar-refractivity contribution >= 4 is 119 Å². The Morgan fingerprint density at radius 2 is 0.615 bits per heavy atom. The van der Waals surface area contributed by atoms with Crippen LogP contribution in [0.25, 0.3) is 130 Å². The highest BCUT2D eigenvalue weighted by atomic mass is 32.1. The average molecular weight is 845 g/mol. The van der Waals surface area contributed by atoms with Crippen LogP contribution in [0.3, 0.4) is 0 Å². The monoisotopic (exact) mass is 844 g/mol. The van der Waals surface area contributed by atoms with E-state index in [0.29, 0.717) is 0 Å². The summed E-state index contributed by atoms with van der Waals surface area (Å²) in [5, 5.41) is 12.4. The fourth-order valence-electron chi connectivity index (χ4n) is 11.3. The molecule has 302 valence electrons. The van der Waals surface area contributed by atoms with E-state index >= 15 is 0 Å². The van der Waals surface area contributed by atoms with Crippen LogP contribution in [0.1, 0.15) is 0 Å². The van der Waals surface area contributed by atoms with Crippen LogP contribution in [0, 0.1) is 0 Å². The third-order valence-corrected chi connectivity index (χ3v) is 15.1. The van der Waals surface area contributed by atoms with E-state index in [1.54, 1.807) is 0 Å². The molecule has 0 aliphatic carbocycles. The third-order valence-electron chi connectivity index (χ3n) is 13.9. The Morgan fingerprint density at radius 1 is 0.231 bits per heavy atom. The first-order valence-corrected chi connectivity index (χ1v) is 23.1. The molecule has 5 heterocycles. The maximum absolute atomic E-state index is 2.58. The zero-order valence-corrected chi connectivity index (χ0v) is 35.8. The predicted molar refractivity (Wildman–Crippen MR) is 277 cm³/mol. The maximum atomic E-state index is 2.58. The topological polar surface area (TPSA) is 19.7 Å². The van der Waals surface area contributed by atoms with Crippen molar-refractivity contribution < 1.29 is 0 Å². The van der Waals surface area contributed by atoms with Crippen molar-refractivity contribution in [2.75, 3.05) is 0 Å². The normalized spacial score (nSPS) is 12.3. The predicted octanol–water partition coefficient (Wildman–Crippen LogP) is 16.4. The van der Waals surface area contributed by atoms with Crippen LogP contribution < -0.4 is 0 Å². The van der Waals surface area contributed by atoms with Gasteiger partial charge in [-0.3, -0.25) is 0 Å².